The molecule has 10 nitrogen and oxygen atoms in total. The van der Waals surface area contributed by atoms with Crippen LogP contribution in [0.25, 0.3) is 44.5 Å². The smallest absolute Gasteiger partial charge is 0.407 e. The molecule has 4 heterocycles. The number of hydrogen-bond donors (Lipinski definition) is 4. The van der Waals surface area contributed by atoms with Gasteiger partial charge in [0.1, 0.15) is 17.7 Å². The van der Waals surface area contributed by atoms with Gasteiger partial charge in [0.15, 0.2) is 0 Å². The van der Waals surface area contributed by atoms with Crippen LogP contribution < -0.4 is 10.6 Å². The summed E-state index contributed by atoms with van der Waals surface area (Å²) in [7, 11) is 1.31. The zero-order chi connectivity index (χ0) is 34.2. The molecular formula is C39H45N7O3. The molecule has 0 saturated carbocycles. The first-order valence-corrected chi connectivity index (χ1v) is 17.3. The molecule has 2 fully saturated rings. The van der Waals surface area contributed by atoms with Crippen molar-refractivity contribution in [1.82, 2.24) is 35.5 Å². The molecule has 2 aliphatic rings. The van der Waals surface area contributed by atoms with Crippen LogP contribution in [0.15, 0.2) is 72.9 Å². The van der Waals surface area contributed by atoms with Gasteiger partial charge in [-0.3, -0.25) is 4.79 Å². The van der Waals surface area contributed by atoms with Crippen LogP contribution in [0.3, 0.4) is 0 Å². The van der Waals surface area contributed by atoms with E-state index in [1.165, 1.54) is 7.11 Å². The number of nitrogens with one attached hydrogen (secondary N) is 4. The summed E-state index contributed by atoms with van der Waals surface area (Å²) in [5.41, 5.74) is 8.43. The predicted molar refractivity (Wildman–Crippen MR) is 191 cm³/mol. The Hall–Kier alpha value is -4.96. The van der Waals surface area contributed by atoms with E-state index in [1.54, 1.807) is 0 Å². The normalized spacial score (nSPS) is 21.4. The SMILES string of the molecule is COC(=O)N[C@H](C(=O)N1C[C@@H](C)C[C@H]1c1nc2ccc(-c3ccc(-c4ccc(-c5cnc([C@@H]6C[C@H](C)CN6)[nH]5)cc4)cc3)cc2[nH]1)C(C)C. The third-order valence-corrected chi connectivity index (χ3v) is 10.0. The lowest BCUT2D eigenvalue weighted by atomic mass is 9.99. The summed E-state index contributed by atoms with van der Waals surface area (Å²) in [5, 5.41) is 6.28. The van der Waals surface area contributed by atoms with Crippen molar-refractivity contribution in [3.8, 4) is 33.5 Å². The van der Waals surface area contributed by atoms with Crippen molar-refractivity contribution in [2.45, 2.75) is 58.7 Å². The van der Waals surface area contributed by atoms with Gasteiger partial charge in [0.05, 0.1) is 42.1 Å². The molecular weight excluding hydrogens is 614 g/mol. The van der Waals surface area contributed by atoms with Crippen molar-refractivity contribution in [2.75, 3.05) is 20.2 Å². The molecule has 0 unspecified atom stereocenters. The highest BCUT2D eigenvalue weighted by Gasteiger charge is 2.40. The molecule has 5 atom stereocenters. The Morgan fingerprint density at radius 2 is 1.51 bits per heavy atom. The second kappa shape index (κ2) is 13.5. The lowest BCUT2D eigenvalue weighted by molar-refractivity contribution is -0.135. The van der Waals surface area contributed by atoms with E-state index < -0.39 is 12.1 Å². The van der Waals surface area contributed by atoms with Gasteiger partial charge in [-0.1, -0.05) is 82.3 Å². The summed E-state index contributed by atoms with van der Waals surface area (Å²) in [5.74, 6) is 2.54. The monoisotopic (exact) mass is 659 g/mol. The van der Waals surface area contributed by atoms with Gasteiger partial charge in [-0.2, -0.15) is 0 Å². The number of fused-ring (bicyclic) bond motifs is 1. The van der Waals surface area contributed by atoms with Gasteiger partial charge in [0.25, 0.3) is 0 Å². The van der Waals surface area contributed by atoms with E-state index >= 15 is 0 Å². The summed E-state index contributed by atoms with van der Waals surface area (Å²) in [6.45, 7) is 9.89. The van der Waals surface area contributed by atoms with Crippen LogP contribution >= 0.6 is 0 Å². The Morgan fingerprint density at radius 3 is 2.14 bits per heavy atom. The molecule has 5 aromatic rings. The number of carbonyl (C=O) groups is 2. The number of amides is 2. The minimum atomic E-state index is -0.676. The van der Waals surface area contributed by atoms with Crippen LogP contribution in [0.5, 0.6) is 0 Å². The minimum Gasteiger partial charge on any atom is -0.453 e. The van der Waals surface area contributed by atoms with Gasteiger partial charge >= 0.3 is 6.09 Å². The molecule has 2 amide bonds. The molecule has 3 aromatic carbocycles. The van der Waals surface area contributed by atoms with E-state index in [2.05, 4.69) is 100 Å². The van der Waals surface area contributed by atoms with Crippen molar-refractivity contribution in [3.63, 3.8) is 0 Å². The molecule has 49 heavy (non-hydrogen) atoms. The highest BCUT2D eigenvalue weighted by atomic mass is 16.5. The Labute approximate surface area is 287 Å². The number of aromatic amines is 2. The Bertz CT molecular complexity index is 1950. The fraction of sp³-hybridized carbons (Fsp3) is 0.385. The fourth-order valence-corrected chi connectivity index (χ4v) is 7.27. The molecule has 4 N–H and O–H groups in total. The predicted octanol–water partition coefficient (Wildman–Crippen LogP) is 7.25. The largest absolute Gasteiger partial charge is 0.453 e. The van der Waals surface area contributed by atoms with Crippen LogP contribution in [0, 0.1) is 17.8 Å². The molecule has 254 valence electrons. The maximum Gasteiger partial charge on any atom is 0.407 e. The quantitative estimate of drug-likeness (QED) is 0.139. The molecule has 2 aliphatic heterocycles. The number of rotatable bonds is 8. The van der Waals surface area contributed by atoms with Gasteiger partial charge in [-0.25, -0.2) is 14.8 Å². The van der Waals surface area contributed by atoms with E-state index in [1.807, 2.05) is 31.0 Å². The van der Waals surface area contributed by atoms with Crippen LogP contribution in [0.4, 0.5) is 4.79 Å². The third kappa shape index (κ3) is 6.70. The maximum absolute atomic E-state index is 13.7. The molecule has 0 bridgehead atoms. The summed E-state index contributed by atoms with van der Waals surface area (Å²) in [4.78, 5) is 44.1. The standard InChI is InChI=1S/C39H45N7O3/c1-22(2)35(45-39(48)49-5)38(47)46-21-24(4)17-34(46)37-42-30-15-14-29(18-31(30)43-37)27-8-6-25(7-9-27)26-10-12-28(13-11-26)33-20-41-36(44-33)32-16-23(3)19-40-32/h6-15,18,20,22-24,32,34-35,40H,16-17,19,21H2,1-5H3,(H,41,44)(H,42,43)(H,45,48)/t23-,24-,32-,34-,35-/m0/s1. The number of benzene rings is 3. The Morgan fingerprint density at radius 1 is 0.857 bits per heavy atom. The summed E-state index contributed by atoms with van der Waals surface area (Å²) < 4.78 is 4.78. The molecule has 2 aromatic heterocycles. The van der Waals surface area contributed by atoms with Gasteiger partial charge in [0.2, 0.25) is 5.91 Å². The Kier molecular flexibility index (Phi) is 8.98. The number of likely N-dealkylation sites (tertiary alicyclic amines) is 1. The number of methoxy groups -OCH3 is 1. The van der Waals surface area contributed by atoms with Crippen molar-refractivity contribution in [2.24, 2.45) is 17.8 Å². The first-order valence-electron chi connectivity index (χ1n) is 17.3. The fourth-order valence-electron chi connectivity index (χ4n) is 7.27. The van der Waals surface area contributed by atoms with Crippen LogP contribution in [0.2, 0.25) is 0 Å². The van der Waals surface area contributed by atoms with Crippen LogP contribution in [-0.2, 0) is 9.53 Å². The zero-order valence-corrected chi connectivity index (χ0v) is 28.8. The summed E-state index contributed by atoms with van der Waals surface area (Å²) in [6, 6.07) is 22.9. The van der Waals surface area contributed by atoms with Crippen LogP contribution in [-0.4, -0.2) is 63.1 Å². The van der Waals surface area contributed by atoms with E-state index in [4.69, 9.17) is 9.72 Å². The van der Waals surface area contributed by atoms with E-state index in [-0.39, 0.29) is 17.9 Å². The molecule has 10 heteroatoms. The molecule has 2 saturated heterocycles. The van der Waals surface area contributed by atoms with Gasteiger partial charge < -0.3 is 30.2 Å². The third-order valence-electron chi connectivity index (χ3n) is 10.0. The second-order valence-corrected chi connectivity index (χ2v) is 14.2. The zero-order valence-electron chi connectivity index (χ0n) is 28.8. The van der Waals surface area contributed by atoms with Crippen LogP contribution in [0.1, 0.15) is 64.3 Å². The lowest BCUT2D eigenvalue weighted by Crippen LogP contribution is -2.51. The average molecular weight is 660 g/mol. The number of ether oxygens (including phenoxy) is 1. The minimum absolute atomic E-state index is 0.0919. The van der Waals surface area contributed by atoms with E-state index in [0.717, 1.165) is 75.6 Å². The maximum atomic E-state index is 13.7. The van der Waals surface area contributed by atoms with Crippen molar-refractivity contribution in [1.29, 1.82) is 0 Å². The summed E-state index contributed by atoms with van der Waals surface area (Å²) in [6.07, 6.45) is 3.23. The molecule has 0 spiro atoms. The Balaban J connectivity index is 1.06. The lowest BCUT2D eigenvalue weighted by Gasteiger charge is -2.30. The van der Waals surface area contributed by atoms with E-state index in [0.29, 0.717) is 24.4 Å². The molecule has 0 aliphatic carbocycles. The number of hydrogen-bond acceptors (Lipinski definition) is 6. The van der Waals surface area contributed by atoms with Gasteiger partial charge in [0, 0.05) is 6.54 Å². The summed E-state index contributed by atoms with van der Waals surface area (Å²) >= 11 is 0. The van der Waals surface area contributed by atoms with Crippen molar-refractivity contribution < 1.29 is 14.3 Å². The second-order valence-electron chi connectivity index (χ2n) is 14.2. The molecule has 7 rings (SSSR count). The first kappa shape index (κ1) is 32.6. The van der Waals surface area contributed by atoms with E-state index in [9.17, 15) is 9.59 Å². The van der Waals surface area contributed by atoms with Gasteiger partial charge in [-0.15, -0.1) is 0 Å². The number of alkyl carbamates (subject to hydrolysis) is 1. The average Bonchev–Trinajstić information content (AvgIpc) is 3.93. The molecule has 0 radical (unpaired) electrons. The topological polar surface area (TPSA) is 128 Å². The highest BCUT2D eigenvalue weighted by molar-refractivity contribution is 5.87. The first-order chi connectivity index (χ1) is 23.7. The van der Waals surface area contributed by atoms with Gasteiger partial charge in [-0.05, 0) is 77.1 Å². The van der Waals surface area contributed by atoms with Crippen molar-refractivity contribution in [3.05, 3.63) is 84.6 Å². The number of carbonyl (C=O) groups excluding carboxylic acids is 2. The number of H-pyrrole nitrogens is 2. The number of aromatic nitrogens is 4. The van der Waals surface area contributed by atoms with Crippen molar-refractivity contribution >= 4 is 23.0 Å². The highest BCUT2D eigenvalue weighted by Crippen LogP contribution is 2.37. The number of nitrogens with zero attached hydrogens (tertiary/aromatic N) is 3. The number of imidazole rings is 2.